The van der Waals surface area contributed by atoms with Crippen molar-refractivity contribution in [1.82, 2.24) is 4.90 Å². The van der Waals surface area contributed by atoms with Gasteiger partial charge in [0.15, 0.2) is 0 Å². The minimum atomic E-state index is -0.903. The molecule has 116 valence electrons. The smallest absolute Gasteiger partial charge is 0.324 e. The molecule has 0 aromatic heterocycles. The summed E-state index contributed by atoms with van der Waals surface area (Å²) in [6.07, 6.45) is 0.809. The monoisotopic (exact) mass is 292 g/mol. The van der Waals surface area contributed by atoms with Crippen LogP contribution in [0, 0.1) is 6.92 Å². The number of para-hydroxylation sites is 1. The van der Waals surface area contributed by atoms with Crippen LogP contribution in [0.2, 0.25) is 0 Å². The number of amides is 2. The molecule has 0 fully saturated rings. The van der Waals surface area contributed by atoms with Gasteiger partial charge in [-0.3, -0.25) is 9.69 Å². The van der Waals surface area contributed by atoms with Crippen LogP contribution in [-0.2, 0) is 4.79 Å². The summed E-state index contributed by atoms with van der Waals surface area (Å²) in [5.41, 5.74) is 1.74. The molecular weight excluding hydrogens is 268 g/mol. The van der Waals surface area contributed by atoms with E-state index >= 15 is 0 Å². The Morgan fingerprint density at radius 3 is 2.33 bits per heavy atom. The summed E-state index contributed by atoms with van der Waals surface area (Å²) in [4.78, 5) is 26.9. The highest BCUT2D eigenvalue weighted by Crippen LogP contribution is 2.21. The highest BCUT2D eigenvalue weighted by atomic mass is 16.4. The molecule has 0 atom stereocenters. The van der Waals surface area contributed by atoms with Gasteiger partial charge in [-0.2, -0.15) is 0 Å². The Kier molecular flexibility index (Phi) is 6.72. The van der Waals surface area contributed by atoms with Gasteiger partial charge in [0.05, 0.1) is 6.42 Å². The van der Waals surface area contributed by atoms with Crippen LogP contribution in [0.3, 0.4) is 0 Å². The summed E-state index contributed by atoms with van der Waals surface area (Å²) in [5.74, 6) is -0.903. The molecule has 5 heteroatoms. The maximum absolute atomic E-state index is 12.7. The second kappa shape index (κ2) is 8.29. The number of carboxylic acid groups (broad SMARTS) is 1. The Balaban J connectivity index is 3.04. The van der Waals surface area contributed by atoms with E-state index in [1.54, 1.807) is 9.80 Å². The minimum absolute atomic E-state index is 0.0657. The van der Waals surface area contributed by atoms with Crippen molar-refractivity contribution < 1.29 is 14.7 Å². The van der Waals surface area contributed by atoms with Gasteiger partial charge in [0.25, 0.3) is 0 Å². The number of carbonyl (C=O) groups is 2. The highest BCUT2D eigenvalue weighted by molar-refractivity contribution is 5.93. The number of anilines is 1. The molecule has 0 aliphatic rings. The van der Waals surface area contributed by atoms with Crippen molar-refractivity contribution in [2.45, 2.75) is 33.6 Å². The zero-order valence-electron chi connectivity index (χ0n) is 13.0. The average molecular weight is 292 g/mol. The van der Waals surface area contributed by atoms with Gasteiger partial charge in [0.1, 0.15) is 0 Å². The third-order valence-corrected chi connectivity index (χ3v) is 3.33. The van der Waals surface area contributed by atoms with E-state index in [1.165, 1.54) is 0 Å². The van der Waals surface area contributed by atoms with E-state index in [1.807, 2.05) is 45.0 Å². The minimum Gasteiger partial charge on any atom is -0.481 e. The molecule has 0 aliphatic heterocycles. The predicted molar refractivity (Wildman–Crippen MR) is 83.7 cm³/mol. The lowest BCUT2D eigenvalue weighted by atomic mass is 10.2. The molecule has 1 aromatic rings. The van der Waals surface area contributed by atoms with Crippen molar-refractivity contribution in [3.05, 3.63) is 29.8 Å². The quantitative estimate of drug-likeness (QED) is 0.840. The Labute approximate surface area is 126 Å². The Morgan fingerprint density at radius 2 is 1.81 bits per heavy atom. The zero-order chi connectivity index (χ0) is 15.8. The molecule has 1 N–H and O–H groups in total. The summed E-state index contributed by atoms with van der Waals surface area (Å²) in [6, 6.07) is 7.42. The summed E-state index contributed by atoms with van der Waals surface area (Å²) < 4.78 is 0. The number of aliphatic carboxylic acids is 1. The van der Waals surface area contributed by atoms with Gasteiger partial charge in [-0.1, -0.05) is 25.1 Å². The fourth-order valence-corrected chi connectivity index (χ4v) is 2.22. The molecule has 0 radical (unpaired) electrons. The standard InChI is InChI=1S/C16H24N2O3/c1-4-11-17(5-2)16(21)18(12-10-15(19)20)14-9-7-6-8-13(14)3/h6-9H,4-5,10-12H2,1-3H3,(H,19,20). The Morgan fingerprint density at radius 1 is 1.14 bits per heavy atom. The Hall–Kier alpha value is -2.04. The number of hydrogen-bond donors (Lipinski definition) is 1. The lowest BCUT2D eigenvalue weighted by Gasteiger charge is -2.30. The first-order valence-electron chi connectivity index (χ1n) is 7.35. The number of rotatable bonds is 7. The van der Waals surface area contributed by atoms with Crippen molar-refractivity contribution in [1.29, 1.82) is 0 Å². The number of carbonyl (C=O) groups excluding carboxylic acids is 1. The van der Waals surface area contributed by atoms with Crippen LogP contribution in [0.4, 0.5) is 10.5 Å². The van der Waals surface area contributed by atoms with E-state index in [0.717, 1.165) is 17.7 Å². The van der Waals surface area contributed by atoms with Gasteiger partial charge in [0, 0.05) is 25.3 Å². The van der Waals surface area contributed by atoms with Crippen LogP contribution in [0.25, 0.3) is 0 Å². The first-order valence-corrected chi connectivity index (χ1v) is 7.35. The molecule has 0 unspecified atom stereocenters. The van der Waals surface area contributed by atoms with Gasteiger partial charge < -0.3 is 10.0 Å². The SMILES string of the molecule is CCCN(CC)C(=O)N(CCC(=O)O)c1ccccc1C. The van der Waals surface area contributed by atoms with Crippen LogP contribution in [-0.4, -0.2) is 41.6 Å². The predicted octanol–water partition coefficient (Wildman–Crippen LogP) is 3.13. The number of nitrogens with zero attached hydrogens (tertiary/aromatic N) is 2. The van der Waals surface area contributed by atoms with E-state index in [9.17, 15) is 9.59 Å². The van der Waals surface area contributed by atoms with Gasteiger partial charge in [0.2, 0.25) is 0 Å². The number of hydrogen-bond acceptors (Lipinski definition) is 2. The van der Waals surface area contributed by atoms with Crippen molar-refractivity contribution >= 4 is 17.7 Å². The fraction of sp³-hybridized carbons (Fsp3) is 0.500. The molecule has 0 aliphatic carbocycles. The van der Waals surface area contributed by atoms with E-state index in [4.69, 9.17) is 5.11 Å². The number of benzene rings is 1. The van der Waals surface area contributed by atoms with Crippen molar-refractivity contribution in [2.24, 2.45) is 0 Å². The van der Waals surface area contributed by atoms with Crippen molar-refractivity contribution in [3.8, 4) is 0 Å². The van der Waals surface area contributed by atoms with Crippen molar-refractivity contribution in [2.75, 3.05) is 24.5 Å². The second-order valence-electron chi connectivity index (χ2n) is 4.94. The number of carboxylic acids is 1. The maximum Gasteiger partial charge on any atom is 0.324 e. The molecule has 1 aromatic carbocycles. The first kappa shape index (κ1) is 17.0. The molecule has 0 heterocycles. The summed E-state index contributed by atoms with van der Waals surface area (Å²) >= 11 is 0. The fourth-order valence-electron chi connectivity index (χ4n) is 2.22. The van der Waals surface area contributed by atoms with Crippen LogP contribution in [0.15, 0.2) is 24.3 Å². The van der Waals surface area contributed by atoms with Crippen LogP contribution < -0.4 is 4.90 Å². The average Bonchev–Trinajstić information content (AvgIpc) is 2.46. The van der Waals surface area contributed by atoms with Crippen LogP contribution in [0.5, 0.6) is 0 Å². The molecule has 0 spiro atoms. The molecule has 0 bridgehead atoms. The van der Waals surface area contributed by atoms with E-state index in [-0.39, 0.29) is 19.0 Å². The lowest BCUT2D eigenvalue weighted by Crippen LogP contribution is -2.44. The third-order valence-electron chi connectivity index (χ3n) is 3.33. The van der Waals surface area contributed by atoms with Gasteiger partial charge in [-0.25, -0.2) is 4.79 Å². The normalized spacial score (nSPS) is 10.2. The number of aryl methyl sites for hydroxylation is 1. The van der Waals surface area contributed by atoms with Gasteiger partial charge in [-0.15, -0.1) is 0 Å². The second-order valence-corrected chi connectivity index (χ2v) is 4.94. The zero-order valence-corrected chi connectivity index (χ0v) is 13.0. The van der Waals surface area contributed by atoms with Crippen LogP contribution >= 0.6 is 0 Å². The molecule has 0 saturated carbocycles. The molecule has 2 amide bonds. The topological polar surface area (TPSA) is 60.9 Å². The molecule has 21 heavy (non-hydrogen) atoms. The maximum atomic E-state index is 12.7. The van der Waals surface area contributed by atoms with Crippen molar-refractivity contribution in [3.63, 3.8) is 0 Å². The van der Waals surface area contributed by atoms with E-state index in [0.29, 0.717) is 13.1 Å². The van der Waals surface area contributed by atoms with E-state index in [2.05, 4.69) is 0 Å². The summed E-state index contributed by atoms with van der Waals surface area (Å²) in [6.45, 7) is 7.34. The third kappa shape index (κ3) is 4.77. The molecular formula is C16H24N2O3. The van der Waals surface area contributed by atoms with Gasteiger partial charge >= 0.3 is 12.0 Å². The number of urea groups is 1. The van der Waals surface area contributed by atoms with Gasteiger partial charge in [-0.05, 0) is 31.9 Å². The largest absolute Gasteiger partial charge is 0.481 e. The molecule has 0 saturated heterocycles. The lowest BCUT2D eigenvalue weighted by molar-refractivity contribution is -0.136. The van der Waals surface area contributed by atoms with E-state index < -0.39 is 5.97 Å². The summed E-state index contributed by atoms with van der Waals surface area (Å²) in [5, 5.41) is 8.91. The highest BCUT2D eigenvalue weighted by Gasteiger charge is 2.22. The summed E-state index contributed by atoms with van der Waals surface area (Å²) in [7, 11) is 0. The molecule has 1 rings (SSSR count). The first-order chi connectivity index (χ1) is 10.0. The molecule has 5 nitrogen and oxygen atoms in total. The van der Waals surface area contributed by atoms with Crippen LogP contribution in [0.1, 0.15) is 32.3 Å². The Bertz CT molecular complexity index is 488.